The Kier molecular flexibility index (Phi) is 117. The summed E-state index contributed by atoms with van der Waals surface area (Å²) in [7, 11) is 0. The normalized spacial score (nSPS) is 13.4. The van der Waals surface area contributed by atoms with Gasteiger partial charge in [0.15, 0.2) is 0 Å². The minimum Gasteiger partial charge on any atom is -0.465 e. The zero-order chi connectivity index (χ0) is 112. The van der Waals surface area contributed by atoms with Crippen molar-refractivity contribution in [2.24, 2.45) is 101 Å². The summed E-state index contributed by atoms with van der Waals surface area (Å²) < 4.78 is 53.5. The number of unbranched alkanes of at least 4 members (excludes halogenated alkanes) is 2. The Bertz CT molecular complexity index is 2850. The van der Waals surface area contributed by atoms with Crippen LogP contribution in [0.25, 0.3) is 0 Å². The van der Waals surface area contributed by atoms with Gasteiger partial charge in [-0.15, -0.1) is 0 Å². The van der Waals surface area contributed by atoms with E-state index in [2.05, 4.69) is 263 Å². The number of hydrogen-bond acceptors (Lipinski definition) is 20. The van der Waals surface area contributed by atoms with E-state index in [0.29, 0.717) is 122 Å². The highest BCUT2D eigenvalue weighted by Gasteiger charge is 2.26. The third kappa shape index (κ3) is 115. The van der Waals surface area contributed by atoms with Crippen LogP contribution in [0.15, 0.2) is 0 Å². The molecule has 0 saturated heterocycles. The van der Waals surface area contributed by atoms with Crippen LogP contribution in [0.5, 0.6) is 0 Å². The van der Waals surface area contributed by atoms with E-state index in [1.165, 1.54) is 0 Å². The third-order valence-corrected chi connectivity index (χ3v) is 23.7. The first kappa shape index (κ1) is 157. The van der Waals surface area contributed by atoms with E-state index in [1.54, 1.807) is 0 Å². The first-order valence-corrected chi connectivity index (χ1v) is 58.2. The predicted molar refractivity (Wildman–Crippen MR) is 600 cm³/mol. The summed E-state index contributed by atoms with van der Waals surface area (Å²) in [6.07, 6.45) is 36.5. The summed E-state index contributed by atoms with van der Waals surface area (Å²) in [6, 6.07) is 0. The SMILES string of the molecule is CCC(C)OC(=O)C(C)CC(C)C.CCC(C)OC(=O)CCC(C)C.CCC(CC)OC(=O)C(CC)CC(C)C.CCC(OC(=O)CCC(C)C)C(C)C.CCCC(C)OC(=O)C(C)CC(C)C.CCCC(CC)OC(=O)CCC(C)C.CCCC(CCC)OC(=O)CCC(C)C.CCCC(OC(=O)CCC(C)C)C(C)C.CCCCC(OC(=O)CCC(C)C)C(C)C.CCCCOC(=O)C(CC)CC(C)C. The molecule has 0 heterocycles. The van der Waals surface area contributed by atoms with Gasteiger partial charge in [0.2, 0.25) is 0 Å². The lowest BCUT2D eigenvalue weighted by atomic mass is 9.95. The van der Waals surface area contributed by atoms with Crippen LogP contribution in [0.2, 0.25) is 0 Å². The molecule has 0 amide bonds. The molecule has 20 nitrogen and oxygen atoms in total. The topological polar surface area (TPSA) is 263 Å². The predicted octanol–water partition coefficient (Wildman–Crippen LogP) is 35.2. The molecule has 20 heteroatoms. The molecule has 852 valence electrons. The third-order valence-electron chi connectivity index (χ3n) is 23.7. The van der Waals surface area contributed by atoms with Crippen LogP contribution in [0.3, 0.4) is 0 Å². The first-order valence-electron chi connectivity index (χ1n) is 58.2. The number of carbonyl (C=O) groups is 10. The van der Waals surface area contributed by atoms with Gasteiger partial charge in [-0.3, -0.25) is 47.9 Å². The van der Waals surface area contributed by atoms with Gasteiger partial charge in [-0.2, -0.15) is 0 Å². The maximum absolute atomic E-state index is 11.8. The van der Waals surface area contributed by atoms with Crippen LogP contribution >= 0.6 is 0 Å². The fourth-order valence-corrected chi connectivity index (χ4v) is 13.9. The number of hydrogen-bond donors (Lipinski definition) is 0. The minimum absolute atomic E-state index is 0.0000926. The Hall–Kier alpha value is -5.30. The molecule has 0 aliphatic carbocycles. The zero-order valence-corrected chi connectivity index (χ0v) is 102. The highest BCUT2D eigenvalue weighted by molar-refractivity contribution is 5.74. The zero-order valence-electron chi connectivity index (χ0n) is 102. The molecule has 11 unspecified atom stereocenters. The second kappa shape index (κ2) is 106. The summed E-state index contributed by atoms with van der Waals surface area (Å²) in [6.45, 7) is 96.7. The number of rotatable bonds is 66. The largest absolute Gasteiger partial charge is 0.465 e. The summed E-state index contributed by atoms with van der Waals surface area (Å²) in [4.78, 5) is 115. The van der Waals surface area contributed by atoms with Gasteiger partial charge in [0, 0.05) is 38.5 Å². The molecule has 0 N–H and O–H groups in total. The van der Waals surface area contributed by atoms with E-state index in [1.807, 2.05) is 55.4 Å². The second-order valence-corrected chi connectivity index (χ2v) is 45.1. The second-order valence-electron chi connectivity index (χ2n) is 45.1. The highest BCUT2D eigenvalue weighted by atomic mass is 16.6. The van der Waals surface area contributed by atoms with Crippen molar-refractivity contribution in [2.75, 3.05) is 6.61 Å². The lowest BCUT2D eigenvalue weighted by Crippen LogP contribution is -2.24. The van der Waals surface area contributed by atoms with E-state index >= 15 is 0 Å². The minimum atomic E-state index is -0.0574. The molecule has 11 atom stereocenters. The molecule has 0 bridgehead atoms. The van der Waals surface area contributed by atoms with Crippen LogP contribution in [0.4, 0.5) is 0 Å². The molecule has 0 aromatic carbocycles. The summed E-state index contributed by atoms with van der Waals surface area (Å²) in [5, 5.41) is 0. The summed E-state index contributed by atoms with van der Waals surface area (Å²) in [5.74, 6) is 6.91. The van der Waals surface area contributed by atoms with E-state index in [4.69, 9.17) is 47.4 Å². The van der Waals surface area contributed by atoms with Crippen LogP contribution in [-0.2, 0) is 95.3 Å². The fraction of sp³-hybridized carbons (Fsp3) is 0.918. The van der Waals surface area contributed by atoms with Crippen molar-refractivity contribution in [1.29, 1.82) is 0 Å². The highest BCUT2D eigenvalue weighted by Crippen LogP contribution is 2.25. The monoisotopic (exact) mass is 2030 g/mol. The van der Waals surface area contributed by atoms with Gasteiger partial charge < -0.3 is 47.4 Å². The lowest BCUT2D eigenvalue weighted by Gasteiger charge is -2.21. The average molecular weight is 2030 g/mol. The summed E-state index contributed by atoms with van der Waals surface area (Å²) >= 11 is 0. The Morgan fingerprint density at radius 1 is 0.190 bits per heavy atom. The first-order chi connectivity index (χ1) is 66.2. The van der Waals surface area contributed by atoms with Gasteiger partial charge in [0.25, 0.3) is 0 Å². The number of esters is 10. The molecule has 0 aromatic rings. The maximum Gasteiger partial charge on any atom is 0.309 e. The maximum atomic E-state index is 11.8. The molecule has 0 radical (unpaired) electrons. The van der Waals surface area contributed by atoms with Gasteiger partial charge in [-0.1, -0.05) is 349 Å². The average Bonchev–Trinajstić information content (AvgIpc) is 0.931. The molecule has 0 rings (SSSR count). The Morgan fingerprint density at radius 3 is 0.739 bits per heavy atom. The Balaban J connectivity index is -0.000000171. The quantitative estimate of drug-likeness (QED) is 0.0311. The molecule has 142 heavy (non-hydrogen) atoms. The Labute approximate surface area is 881 Å². The number of ether oxygens (including phenoxy) is 10. The van der Waals surface area contributed by atoms with E-state index in [-0.39, 0.29) is 138 Å². The van der Waals surface area contributed by atoms with Crippen molar-refractivity contribution in [1.82, 2.24) is 0 Å². The smallest absolute Gasteiger partial charge is 0.309 e. The van der Waals surface area contributed by atoms with Gasteiger partial charge in [-0.05, 0) is 258 Å². The van der Waals surface area contributed by atoms with Crippen LogP contribution < -0.4 is 0 Å². The van der Waals surface area contributed by atoms with E-state index < -0.39 is 0 Å². The fourth-order valence-electron chi connectivity index (χ4n) is 13.9. The van der Waals surface area contributed by atoms with Crippen molar-refractivity contribution < 1.29 is 95.3 Å². The molecule has 0 saturated carbocycles. The lowest BCUT2D eigenvalue weighted by molar-refractivity contribution is -0.155. The van der Waals surface area contributed by atoms with E-state index in [9.17, 15) is 47.9 Å². The molecular weight excluding hydrogens is 1790 g/mol. The van der Waals surface area contributed by atoms with Gasteiger partial charge in [0.05, 0.1) is 48.6 Å². The van der Waals surface area contributed by atoms with Crippen LogP contribution in [0.1, 0.15) is 569 Å². The van der Waals surface area contributed by atoms with Gasteiger partial charge in [-0.25, -0.2) is 0 Å². The van der Waals surface area contributed by atoms with E-state index in [0.717, 1.165) is 212 Å². The molecule has 0 fully saturated rings. The molecule has 0 aliphatic rings. The molecule has 0 aliphatic heterocycles. The van der Waals surface area contributed by atoms with Crippen molar-refractivity contribution >= 4 is 59.7 Å². The molecular formula is C122H244O20. The van der Waals surface area contributed by atoms with Gasteiger partial charge >= 0.3 is 59.7 Å². The van der Waals surface area contributed by atoms with Crippen molar-refractivity contribution in [3.8, 4) is 0 Å². The summed E-state index contributed by atoms with van der Waals surface area (Å²) in [5.41, 5.74) is 0. The molecule has 0 spiro atoms. The van der Waals surface area contributed by atoms with Crippen molar-refractivity contribution in [2.45, 2.75) is 624 Å². The molecule has 0 aromatic heterocycles. The van der Waals surface area contributed by atoms with Gasteiger partial charge in [0.1, 0.15) is 36.6 Å². The Morgan fingerprint density at radius 2 is 0.465 bits per heavy atom. The van der Waals surface area contributed by atoms with Crippen LogP contribution in [0, 0.1) is 101 Å². The van der Waals surface area contributed by atoms with Crippen molar-refractivity contribution in [3.63, 3.8) is 0 Å². The van der Waals surface area contributed by atoms with Crippen LogP contribution in [-0.4, -0.2) is 121 Å². The number of carbonyl (C=O) groups excluding carboxylic acids is 10. The van der Waals surface area contributed by atoms with Crippen molar-refractivity contribution in [3.05, 3.63) is 0 Å². The standard InChI is InChI=1S/C14H28O2.3C13H26O2.4C12H24O2.C11H22O2.C10H20O2/c1-6-7-8-13(12(4)5)16-14(15)10-9-11(2)3;1-6-7-12(11(4)5)15-13(14)9-8-10(2)3;1-6-11(9-10(4)5)13(14)15-12(7-2)8-3;1-5-7-12(8-6-2)15-13(14)10-9-11(3)4;1-6-11(10(4)5)14-12(13)8-7-9(2)3;1-6-7-11(5)14-12(13)10(4)8-9(2)3;1-5-7-11(6-2)14-12(13)9-8-10(3)4;1-5-7-8-14-12(13)11(6-2)9-10(3)4;1-6-10(5)13-11(12)9(4)7-8(2)3;1-5-9(4)12-10(11)7-6-8(2)3/h11-13H,6-10H2,1-5H3;2*10-12H,6-9H2,1-5H3;11-12H,5-10H2,1-4H3;2*9-11H,6-8H2,1-5H3;2*10-11H,5-9H2,1-4H3;8-10H,6-7H2,1-5H3;8-9H,5-7H2,1-4H3.